The molecule has 1 aromatic carbocycles. The van der Waals surface area contributed by atoms with Gasteiger partial charge in [0.1, 0.15) is 6.04 Å². The number of carbonyl (C=O) groups excluding carboxylic acids is 5. The summed E-state index contributed by atoms with van der Waals surface area (Å²) < 4.78 is 4.92. The van der Waals surface area contributed by atoms with Crippen molar-refractivity contribution in [3.05, 3.63) is 35.4 Å². The Kier molecular flexibility index (Phi) is 5.71. The topological polar surface area (TPSA) is 136 Å². The highest BCUT2D eigenvalue weighted by molar-refractivity contribution is 6.22. The number of esters is 1. The largest absolute Gasteiger partial charge is 0.454 e. The van der Waals surface area contributed by atoms with Crippen molar-refractivity contribution in [2.45, 2.75) is 19.9 Å². The zero-order valence-electron chi connectivity index (χ0n) is 14.4. The third kappa shape index (κ3) is 3.88. The van der Waals surface area contributed by atoms with Crippen molar-refractivity contribution in [3.8, 4) is 0 Å². The van der Waals surface area contributed by atoms with Gasteiger partial charge in [0.25, 0.3) is 17.7 Å². The van der Waals surface area contributed by atoms with Crippen molar-refractivity contribution in [2.24, 2.45) is 11.7 Å². The molecule has 0 bridgehead atoms. The SMILES string of the molecule is CC(C)[C@@H](C(=O)OCC(=O)NCC(N)=O)N1C(=O)c2ccccc2C1=O. The lowest BCUT2D eigenvalue weighted by molar-refractivity contribution is -0.153. The molecule has 0 unspecified atom stereocenters. The molecule has 0 spiro atoms. The molecule has 1 aliphatic rings. The molecule has 3 N–H and O–H groups in total. The second-order valence-electron chi connectivity index (χ2n) is 6.07. The Morgan fingerprint density at radius 3 is 2.12 bits per heavy atom. The predicted molar refractivity (Wildman–Crippen MR) is 88.7 cm³/mol. The lowest BCUT2D eigenvalue weighted by Gasteiger charge is -2.27. The minimum Gasteiger partial charge on any atom is -0.454 e. The molecule has 26 heavy (non-hydrogen) atoms. The fraction of sp³-hybridized carbons (Fsp3) is 0.353. The summed E-state index contributed by atoms with van der Waals surface area (Å²) in [6, 6.07) is 5.09. The first kappa shape index (κ1) is 19.1. The van der Waals surface area contributed by atoms with Crippen LogP contribution in [-0.2, 0) is 19.1 Å². The molecule has 1 aromatic rings. The molecule has 1 atom stereocenters. The number of hydrogen-bond donors (Lipinski definition) is 2. The maximum Gasteiger partial charge on any atom is 0.330 e. The maximum absolute atomic E-state index is 12.5. The van der Waals surface area contributed by atoms with Crippen molar-refractivity contribution in [1.29, 1.82) is 0 Å². The molecular formula is C17H19N3O6. The van der Waals surface area contributed by atoms with Crippen LogP contribution >= 0.6 is 0 Å². The van der Waals surface area contributed by atoms with E-state index in [0.717, 1.165) is 4.90 Å². The van der Waals surface area contributed by atoms with E-state index in [1.807, 2.05) is 0 Å². The van der Waals surface area contributed by atoms with Gasteiger partial charge in [-0.2, -0.15) is 0 Å². The minimum absolute atomic E-state index is 0.218. The number of ether oxygens (including phenoxy) is 1. The van der Waals surface area contributed by atoms with E-state index in [0.29, 0.717) is 0 Å². The molecule has 1 heterocycles. The first-order valence-corrected chi connectivity index (χ1v) is 7.92. The summed E-state index contributed by atoms with van der Waals surface area (Å²) in [5.41, 5.74) is 5.33. The van der Waals surface area contributed by atoms with Crippen molar-refractivity contribution >= 4 is 29.6 Å². The Hall–Kier alpha value is -3.23. The number of primary amides is 1. The Morgan fingerprint density at radius 2 is 1.65 bits per heavy atom. The second-order valence-corrected chi connectivity index (χ2v) is 6.07. The number of fused-ring (bicyclic) bond motifs is 1. The zero-order chi connectivity index (χ0) is 19.4. The molecule has 0 aromatic heterocycles. The van der Waals surface area contributed by atoms with Crippen LogP contribution in [0.25, 0.3) is 0 Å². The average molecular weight is 361 g/mol. The Labute approximate surface area is 149 Å². The third-order valence-corrected chi connectivity index (χ3v) is 3.78. The fourth-order valence-corrected chi connectivity index (χ4v) is 2.60. The number of nitrogens with zero attached hydrogens (tertiary/aromatic N) is 1. The molecule has 2 rings (SSSR count). The summed E-state index contributed by atoms with van der Waals surface area (Å²) in [4.78, 5) is 60.5. The number of nitrogens with one attached hydrogen (secondary N) is 1. The van der Waals surface area contributed by atoms with Crippen molar-refractivity contribution < 1.29 is 28.7 Å². The molecular weight excluding hydrogens is 342 g/mol. The Bertz CT molecular complexity index is 739. The molecule has 9 nitrogen and oxygen atoms in total. The molecule has 0 radical (unpaired) electrons. The van der Waals surface area contributed by atoms with E-state index in [9.17, 15) is 24.0 Å². The van der Waals surface area contributed by atoms with Crippen LogP contribution in [-0.4, -0.2) is 53.7 Å². The van der Waals surface area contributed by atoms with Gasteiger partial charge in [0.2, 0.25) is 5.91 Å². The van der Waals surface area contributed by atoms with Crippen LogP contribution < -0.4 is 11.1 Å². The van der Waals surface area contributed by atoms with Crippen LogP contribution in [0, 0.1) is 5.92 Å². The van der Waals surface area contributed by atoms with E-state index >= 15 is 0 Å². The molecule has 0 fully saturated rings. The molecule has 9 heteroatoms. The summed E-state index contributed by atoms with van der Waals surface area (Å²) >= 11 is 0. The summed E-state index contributed by atoms with van der Waals surface area (Å²) in [5, 5.41) is 2.17. The number of rotatable bonds is 7. The molecule has 1 aliphatic heterocycles. The maximum atomic E-state index is 12.5. The lowest BCUT2D eigenvalue weighted by Crippen LogP contribution is -2.49. The molecule has 4 amide bonds. The number of imide groups is 1. The van der Waals surface area contributed by atoms with E-state index in [4.69, 9.17) is 10.5 Å². The first-order valence-electron chi connectivity index (χ1n) is 7.92. The summed E-state index contributed by atoms with van der Waals surface area (Å²) in [6.07, 6.45) is 0. The van der Waals surface area contributed by atoms with E-state index in [-0.39, 0.29) is 17.7 Å². The standard InChI is InChI=1S/C17H19N3O6/c1-9(2)14(17(25)26-8-13(22)19-7-12(18)21)20-15(23)10-5-3-4-6-11(10)16(20)24/h3-6,9,14H,7-8H2,1-2H3,(H2,18,21)(H,19,22)/t14-/m0/s1. The normalized spacial score (nSPS) is 14.2. The van der Waals surface area contributed by atoms with Crippen LogP contribution in [0.3, 0.4) is 0 Å². The van der Waals surface area contributed by atoms with Gasteiger partial charge >= 0.3 is 5.97 Å². The minimum atomic E-state index is -1.17. The smallest absolute Gasteiger partial charge is 0.330 e. The highest BCUT2D eigenvalue weighted by Gasteiger charge is 2.44. The van der Waals surface area contributed by atoms with Gasteiger partial charge in [-0.1, -0.05) is 26.0 Å². The van der Waals surface area contributed by atoms with Gasteiger partial charge in [0, 0.05) is 0 Å². The highest BCUT2D eigenvalue weighted by atomic mass is 16.5. The number of carbonyl (C=O) groups is 5. The van der Waals surface area contributed by atoms with Gasteiger partial charge < -0.3 is 15.8 Å². The second kappa shape index (κ2) is 7.77. The van der Waals surface area contributed by atoms with Crippen LogP contribution in [0.2, 0.25) is 0 Å². The quantitative estimate of drug-likeness (QED) is 0.494. The Balaban J connectivity index is 2.11. The van der Waals surface area contributed by atoms with Gasteiger partial charge in [0.05, 0.1) is 17.7 Å². The van der Waals surface area contributed by atoms with Gasteiger partial charge in [-0.25, -0.2) is 4.79 Å². The van der Waals surface area contributed by atoms with E-state index in [1.165, 1.54) is 12.1 Å². The van der Waals surface area contributed by atoms with Crippen molar-refractivity contribution in [2.75, 3.05) is 13.2 Å². The van der Waals surface area contributed by atoms with E-state index in [2.05, 4.69) is 5.32 Å². The van der Waals surface area contributed by atoms with Gasteiger partial charge in [-0.15, -0.1) is 0 Å². The van der Waals surface area contributed by atoms with Crippen LogP contribution in [0.1, 0.15) is 34.6 Å². The van der Waals surface area contributed by atoms with Gasteiger partial charge in [-0.05, 0) is 18.1 Å². The summed E-state index contributed by atoms with van der Waals surface area (Å²) in [5.74, 6) is -3.95. The Morgan fingerprint density at radius 1 is 1.12 bits per heavy atom. The summed E-state index contributed by atoms with van der Waals surface area (Å²) in [7, 11) is 0. The predicted octanol–water partition coefficient (Wildman–Crippen LogP) is -0.548. The molecule has 0 aliphatic carbocycles. The van der Waals surface area contributed by atoms with E-state index in [1.54, 1.807) is 26.0 Å². The zero-order valence-corrected chi connectivity index (χ0v) is 14.4. The highest BCUT2D eigenvalue weighted by Crippen LogP contribution is 2.27. The monoisotopic (exact) mass is 361 g/mol. The third-order valence-electron chi connectivity index (χ3n) is 3.78. The average Bonchev–Trinajstić information content (AvgIpc) is 2.83. The lowest BCUT2D eigenvalue weighted by atomic mass is 10.0. The van der Waals surface area contributed by atoms with Crippen molar-refractivity contribution in [3.63, 3.8) is 0 Å². The molecule has 0 saturated heterocycles. The number of hydrogen-bond acceptors (Lipinski definition) is 6. The van der Waals surface area contributed by atoms with Gasteiger partial charge in [-0.3, -0.25) is 24.1 Å². The van der Waals surface area contributed by atoms with Crippen molar-refractivity contribution in [1.82, 2.24) is 10.2 Å². The van der Waals surface area contributed by atoms with E-state index < -0.39 is 48.2 Å². The molecule has 138 valence electrons. The fourth-order valence-electron chi connectivity index (χ4n) is 2.60. The number of amides is 4. The number of benzene rings is 1. The summed E-state index contributed by atoms with van der Waals surface area (Å²) in [6.45, 7) is 2.27. The van der Waals surface area contributed by atoms with Crippen LogP contribution in [0.4, 0.5) is 0 Å². The number of nitrogens with two attached hydrogens (primary N) is 1. The van der Waals surface area contributed by atoms with Crippen LogP contribution in [0.15, 0.2) is 24.3 Å². The van der Waals surface area contributed by atoms with Gasteiger partial charge in [0.15, 0.2) is 6.61 Å². The molecule has 0 saturated carbocycles. The van der Waals surface area contributed by atoms with Crippen LogP contribution in [0.5, 0.6) is 0 Å². The first-order chi connectivity index (χ1) is 12.2.